The molecule has 0 saturated heterocycles. The number of carbonyl (C=O) groups excluding carboxylic acids is 1. The van der Waals surface area contributed by atoms with Gasteiger partial charge in [-0.3, -0.25) is 4.79 Å². The van der Waals surface area contributed by atoms with Crippen molar-refractivity contribution < 1.29 is 9.90 Å². The number of benzene rings is 1. The molecule has 70 valence electrons. The van der Waals surface area contributed by atoms with Gasteiger partial charge in [-0.1, -0.05) is 24.3 Å². The van der Waals surface area contributed by atoms with Gasteiger partial charge in [0.25, 0.3) is 0 Å². The second-order valence-corrected chi connectivity index (χ2v) is 3.29. The van der Waals surface area contributed by atoms with Crippen molar-refractivity contribution >= 4 is 5.78 Å². The number of aryl methyl sites for hydroxylation is 1. The first-order chi connectivity index (χ1) is 6.11. The van der Waals surface area contributed by atoms with Gasteiger partial charge in [0.15, 0.2) is 5.78 Å². The zero-order valence-corrected chi connectivity index (χ0v) is 7.95. The highest BCUT2D eigenvalue weighted by molar-refractivity contribution is 5.97. The maximum Gasteiger partial charge on any atom is 0.165 e. The van der Waals surface area contributed by atoms with Gasteiger partial charge in [-0.25, -0.2) is 0 Å². The van der Waals surface area contributed by atoms with E-state index in [-0.39, 0.29) is 12.2 Å². The Morgan fingerprint density at radius 2 is 2.08 bits per heavy atom. The van der Waals surface area contributed by atoms with Crippen molar-refractivity contribution in [3.8, 4) is 0 Å². The van der Waals surface area contributed by atoms with Gasteiger partial charge in [-0.15, -0.1) is 0 Å². The molecule has 0 heterocycles. The molecule has 1 atom stereocenters. The van der Waals surface area contributed by atoms with Crippen molar-refractivity contribution in [2.45, 2.75) is 26.4 Å². The molecule has 2 nitrogen and oxygen atoms in total. The summed E-state index contributed by atoms with van der Waals surface area (Å²) in [5.74, 6) is 0.00750. The van der Waals surface area contributed by atoms with Crippen LogP contribution in [0.5, 0.6) is 0 Å². The van der Waals surface area contributed by atoms with Crippen molar-refractivity contribution in [1.82, 2.24) is 0 Å². The lowest BCUT2D eigenvalue weighted by Crippen LogP contribution is -2.10. The van der Waals surface area contributed by atoms with E-state index in [0.29, 0.717) is 5.56 Å². The van der Waals surface area contributed by atoms with Gasteiger partial charge in [0.2, 0.25) is 0 Å². The number of hydrogen-bond donors (Lipinski definition) is 1. The Kier molecular flexibility index (Phi) is 3.20. The largest absolute Gasteiger partial charge is 0.393 e. The van der Waals surface area contributed by atoms with Gasteiger partial charge in [0.1, 0.15) is 0 Å². The maximum atomic E-state index is 11.5. The molecule has 1 unspecified atom stereocenters. The molecule has 0 radical (unpaired) electrons. The molecular formula is C11H14O2. The summed E-state index contributed by atoms with van der Waals surface area (Å²) in [4.78, 5) is 11.5. The zero-order valence-electron chi connectivity index (χ0n) is 7.95. The molecule has 1 aromatic carbocycles. The number of aliphatic hydroxyl groups is 1. The second-order valence-electron chi connectivity index (χ2n) is 3.29. The van der Waals surface area contributed by atoms with E-state index < -0.39 is 6.10 Å². The fourth-order valence-corrected chi connectivity index (χ4v) is 1.26. The zero-order chi connectivity index (χ0) is 9.84. The number of rotatable bonds is 3. The van der Waals surface area contributed by atoms with Gasteiger partial charge in [0.05, 0.1) is 6.10 Å². The molecule has 0 amide bonds. The molecule has 0 aromatic heterocycles. The molecule has 13 heavy (non-hydrogen) atoms. The molecule has 1 rings (SSSR count). The first-order valence-corrected chi connectivity index (χ1v) is 4.38. The molecule has 0 fully saturated rings. The molecule has 0 spiro atoms. The minimum absolute atomic E-state index is 0.00750. The Labute approximate surface area is 78.2 Å². The van der Waals surface area contributed by atoms with Crippen LogP contribution < -0.4 is 0 Å². The van der Waals surface area contributed by atoms with Crippen LogP contribution in [-0.4, -0.2) is 17.0 Å². The van der Waals surface area contributed by atoms with Gasteiger partial charge in [0, 0.05) is 12.0 Å². The summed E-state index contributed by atoms with van der Waals surface area (Å²) < 4.78 is 0. The van der Waals surface area contributed by atoms with E-state index in [1.54, 1.807) is 13.0 Å². The predicted octanol–water partition coefficient (Wildman–Crippen LogP) is 1.95. The Morgan fingerprint density at radius 3 is 2.62 bits per heavy atom. The Balaban J connectivity index is 2.83. The summed E-state index contributed by atoms with van der Waals surface area (Å²) in [5.41, 5.74) is 1.68. The summed E-state index contributed by atoms with van der Waals surface area (Å²) in [5, 5.41) is 9.05. The van der Waals surface area contributed by atoms with E-state index >= 15 is 0 Å². The summed E-state index contributed by atoms with van der Waals surface area (Å²) in [6, 6.07) is 7.42. The third kappa shape index (κ3) is 2.67. The number of aliphatic hydroxyl groups excluding tert-OH is 1. The van der Waals surface area contributed by atoms with Crippen LogP contribution in [0.4, 0.5) is 0 Å². The first kappa shape index (κ1) is 9.93. The molecule has 0 saturated carbocycles. The molecule has 1 aromatic rings. The quantitative estimate of drug-likeness (QED) is 0.718. The summed E-state index contributed by atoms with van der Waals surface area (Å²) in [6.07, 6.45) is -0.364. The topological polar surface area (TPSA) is 37.3 Å². The number of carbonyl (C=O) groups is 1. The van der Waals surface area contributed by atoms with Crippen molar-refractivity contribution in [1.29, 1.82) is 0 Å². The van der Waals surface area contributed by atoms with E-state index in [4.69, 9.17) is 5.11 Å². The van der Waals surface area contributed by atoms with Crippen LogP contribution in [0.1, 0.15) is 29.3 Å². The van der Waals surface area contributed by atoms with E-state index in [1.165, 1.54) is 0 Å². The number of hydrogen-bond acceptors (Lipinski definition) is 2. The second kappa shape index (κ2) is 4.19. The van der Waals surface area contributed by atoms with Crippen molar-refractivity contribution in [3.05, 3.63) is 35.4 Å². The SMILES string of the molecule is Cc1ccccc1C(=O)CC(C)O. The minimum atomic E-state index is -0.563. The van der Waals surface area contributed by atoms with Gasteiger partial charge < -0.3 is 5.11 Å². The lowest BCUT2D eigenvalue weighted by atomic mass is 10.0. The maximum absolute atomic E-state index is 11.5. The highest BCUT2D eigenvalue weighted by Gasteiger charge is 2.10. The van der Waals surface area contributed by atoms with Crippen LogP contribution in [0.25, 0.3) is 0 Å². The van der Waals surface area contributed by atoms with Crippen molar-refractivity contribution in [3.63, 3.8) is 0 Å². The fraction of sp³-hybridized carbons (Fsp3) is 0.364. The van der Waals surface area contributed by atoms with Gasteiger partial charge in [-0.05, 0) is 19.4 Å². The Morgan fingerprint density at radius 1 is 1.46 bits per heavy atom. The Hall–Kier alpha value is -1.15. The third-order valence-corrected chi connectivity index (χ3v) is 1.93. The number of ketones is 1. The normalized spacial score (nSPS) is 12.5. The average Bonchev–Trinajstić information content (AvgIpc) is 2.03. The van der Waals surface area contributed by atoms with Crippen LogP contribution in [0, 0.1) is 6.92 Å². The van der Waals surface area contributed by atoms with Gasteiger partial charge in [-0.2, -0.15) is 0 Å². The van der Waals surface area contributed by atoms with Crippen LogP contribution >= 0.6 is 0 Å². The highest BCUT2D eigenvalue weighted by Crippen LogP contribution is 2.10. The highest BCUT2D eigenvalue weighted by atomic mass is 16.3. The standard InChI is InChI=1S/C11H14O2/c1-8-5-3-4-6-10(8)11(13)7-9(2)12/h3-6,9,12H,7H2,1-2H3. The van der Waals surface area contributed by atoms with Crippen molar-refractivity contribution in [2.75, 3.05) is 0 Å². The lowest BCUT2D eigenvalue weighted by Gasteiger charge is -2.05. The smallest absolute Gasteiger partial charge is 0.165 e. The predicted molar refractivity (Wildman–Crippen MR) is 51.8 cm³/mol. The molecular weight excluding hydrogens is 164 g/mol. The molecule has 0 bridgehead atoms. The molecule has 0 aliphatic rings. The average molecular weight is 178 g/mol. The molecule has 1 N–H and O–H groups in total. The van der Waals surface area contributed by atoms with Crippen LogP contribution in [0.3, 0.4) is 0 Å². The monoisotopic (exact) mass is 178 g/mol. The minimum Gasteiger partial charge on any atom is -0.393 e. The molecule has 0 aliphatic heterocycles. The van der Waals surface area contributed by atoms with E-state index in [9.17, 15) is 4.79 Å². The number of Topliss-reactive ketones (excluding diaryl/α,β-unsaturated/α-hetero) is 1. The summed E-state index contributed by atoms with van der Waals surface area (Å²) >= 11 is 0. The molecule has 0 aliphatic carbocycles. The fourth-order valence-electron chi connectivity index (χ4n) is 1.26. The van der Waals surface area contributed by atoms with Crippen LogP contribution in [0.2, 0.25) is 0 Å². The van der Waals surface area contributed by atoms with E-state index in [0.717, 1.165) is 5.56 Å². The van der Waals surface area contributed by atoms with Crippen molar-refractivity contribution in [2.24, 2.45) is 0 Å². The van der Waals surface area contributed by atoms with Gasteiger partial charge >= 0.3 is 0 Å². The third-order valence-electron chi connectivity index (χ3n) is 1.93. The van der Waals surface area contributed by atoms with Crippen LogP contribution in [0.15, 0.2) is 24.3 Å². The van der Waals surface area contributed by atoms with E-state index in [2.05, 4.69) is 0 Å². The first-order valence-electron chi connectivity index (χ1n) is 4.38. The van der Waals surface area contributed by atoms with E-state index in [1.807, 2.05) is 25.1 Å². The summed E-state index contributed by atoms with van der Waals surface area (Å²) in [7, 11) is 0. The summed E-state index contributed by atoms with van der Waals surface area (Å²) in [6.45, 7) is 3.52. The van der Waals surface area contributed by atoms with Crippen LogP contribution in [-0.2, 0) is 0 Å². The Bertz CT molecular complexity index is 303. The lowest BCUT2D eigenvalue weighted by molar-refractivity contribution is 0.0900. The molecule has 2 heteroatoms.